The molecule has 100 valence electrons. The number of rotatable bonds is 3. The van der Waals surface area contributed by atoms with Gasteiger partial charge in [-0.15, -0.1) is 0 Å². The summed E-state index contributed by atoms with van der Waals surface area (Å²) >= 11 is 0. The Bertz CT molecular complexity index is 638. The molecule has 0 fully saturated rings. The van der Waals surface area contributed by atoms with E-state index in [0.717, 1.165) is 18.4 Å². The minimum atomic E-state index is 0.0487. The molecule has 1 nitrogen and oxygen atoms in total. The summed E-state index contributed by atoms with van der Waals surface area (Å²) in [6, 6.07) is 20.0. The van der Waals surface area contributed by atoms with Crippen LogP contribution in [0.4, 0.5) is 0 Å². The van der Waals surface area contributed by atoms with Gasteiger partial charge in [-0.1, -0.05) is 66.2 Å². The van der Waals surface area contributed by atoms with Crippen molar-refractivity contribution in [3.63, 3.8) is 0 Å². The van der Waals surface area contributed by atoms with Gasteiger partial charge >= 0.3 is 0 Å². The van der Waals surface area contributed by atoms with Crippen LogP contribution < -0.4 is 0 Å². The minimum Gasteiger partial charge on any atom is -0.294 e. The first-order chi connectivity index (χ1) is 9.77. The molecule has 0 heterocycles. The Balaban J connectivity index is 1.91. The zero-order chi connectivity index (χ0) is 13.9. The van der Waals surface area contributed by atoms with Crippen molar-refractivity contribution in [2.24, 2.45) is 5.92 Å². The Morgan fingerprint density at radius 1 is 0.950 bits per heavy atom. The smallest absolute Gasteiger partial charge is 0.169 e. The van der Waals surface area contributed by atoms with Crippen LogP contribution in [-0.4, -0.2) is 5.78 Å². The summed E-state index contributed by atoms with van der Waals surface area (Å²) in [6.45, 7) is 2.11. The molecule has 0 aromatic heterocycles. The Morgan fingerprint density at radius 2 is 1.55 bits per heavy atom. The lowest BCUT2D eigenvalue weighted by molar-refractivity contribution is 0.0939. The highest BCUT2D eigenvalue weighted by molar-refractivity contribution is 6.01. The topological polar surface area (TPSA) is 17.1 Å². The molecule has 1 heteroatoms. The van der Waals surface area contributed by atoms with Gasteiger partial charge in [-0.3, -0.25) is 4.79 Å². The molecule has 1 atom stereocenters. The van der Waals surface area contributed by atoms with Crippen LogP contribution in [-0.2, 0) is 0 Å². The Hall–Kier alpha value is -2.15. The van der Waals surface area contributed by atoms with E-state index in [4.69, 9.17) is 0 Å². The van der Waals surface area contributed by atoms with E-state index in [0.29, 0.717) is 0 Å². The lowest BCUT2D eigenvalue weighted by atomic mass is 9.92. The van der Waals surface area contributed by atoms with E-state index < -0.39 is 0 Å². The van der Waals surface area contributed by atoms with Gasteiger partial charge in [0.2, 0.25) is 0 Å². The van der Waals surface area contributed by atoms with E-state index in [9.17, 15) is 4.79 Å². The third-order valence-electron chi connectivity index (χ3n) is 4.18. The molecule has 1 aliphatic rings. The van der Waals surface area contributed by atoms with Crippen molar-refractivity contribution in [2.75, 3.05) is 0 Å². The zero-order valence-corrected chi connectivity index (χ0v) is 11.7. The van der Waals surface area contributed by atoms with E-state index >= 15 is 0 Å². The first-order valence-corrected chi connectivity index (χ1v) is 7.11. The molecule has 0 spiro atoms. The molecule has 0 saturated carbocycles. The second kappa shape index (κ2) is 5.46. The van der Waals surface area contributed by atoms with Crippen LogP contribution in [0.5, 0.6) is 0 Å². The second-order valence-electron chi connectivity index (χ2n) is 5.35. The van der Waals surface area contributed by atoms with Gasteiger partial charge < -0.3 is 0 Å². The van der Waals surface area contributed by atoms with E-state index in [2.05, 4.69) is 31.2 Å². The highest BCUT2D eigenvalue weighted by atomic mass is 16.1. The van der Waals surface area contributed by atoms with Crippen LogP contribution >= 0.6 is 0 Å². The lowest BCUT2D eigenvalue weighted by Crippen LogP contribution is -2.13. The molecular formula is C19H18O. The number of ketones is 1. The Labute approximate surface area is 120 Å². The average molecular weight is 262 g/mol. The molecule has 0 bridgehead atoms. The summed E-state index contributed by atoms with van der Waals surface area (Å²) in [5.41, 5.74) is 4.67. The van der Waals surface area contributed by atoms with Crippen molar-refractivity contribution in [1.82, 2.24) is 0 Å². The normalized spacial score (nSPS) is 18.4. The number of benzene rings is 2. The molecule has 0 radical (unpaired) electrons. The highest BCUT2D eigenvalue weighted by Gasteiger charge is 2.29. The number of carbonyl (C=O) groups is 1. The number of carbonyl (C=O) groups excluding carboxylic acids is 1. The van der Waals surface area contributed by atoms with Crippen molar-refractivity contribution in [1.29, 1.82) is 0 Å². The highest BCUT2D eigenvalue weighted by Crippen LogP contribution is 2.39. The van der Waals surface area contributed by atoms with Gasteiger partial charge in [0.1, 0.15) is 0 Å². The standard InChI is InChI=1S/C19H18O/c1-14-17(15-8-4-2-5-9-15)12-13-18(14)19(20)16-10-6-3-7-11-16/h2-11,18H,12-13H2,1H3. The maximum Gasteiger partial charge on any atom is 0.169 e. The van der Waals surface area contributed by atoms with Gasteiger partial charge in [-0.05, 0) is 30.9 Å². The van der Waals surface area contributed by atoms with E-state index in [-0.39, 0.29) is 11.7 Å². The Kier molecular flexibility index (Phi) is 3.51. The maximum absolute atomic E-state index is 12.6. The molecule has 0 N–H and O–H groups in total. The fourth-order valence-electron chi connectivity index (χ4n) is 3.06. The monoisotopic (exact) mass is 262 g/mol. The predicted molar refractivity (Wildman–Crippen MR) is 82.5 cm³/mol. The molecular weight excluding hydrogens is 244 g/mol. The minimum absolute atomic E-state index is 0.0487. The summed E-state index contributed by atoms with van der Waals surface area (Å²) in [5, 5.41) is 0. The SMILES string of the molecule is CC1=C(c2ccccc2)CCC1C(=O)c1ccccc1. The Morgan fingerprint density at radius 3 is 2.20 bits per heavy atom. The van der Waals surface area contributed by atoms with Gasteiger partial charge in [0, 0.05) is 11.5 Å². The van der Waals surface area contributed by atoms with Crippen LogP contribution in [0.15, 0.2) is 66.2 Å². The molecule has 20 heavy (non-hydrogen) atoms. The summed E-state index contributed by atoms with van der Waals surface area (Å²) < 4.78 is 0. The quantitative estimate of drug-likeness (QED) is 0.729. The molecule has 2 aromatic carbocycles. The van der Waals surface area contributed by atoms with Crippen molar-refractivity contribution in [3.05, 3.63) is 77.4 Å². The van der Waals surface area contributed by atoms with Crippen LogP contribution in [0, 0.1) is 5.92 Å². The van der Waals surface area contributed by atoms with Crippen molar-refractivity contribution in [2.45, 2.75) is 19.8 Å². The summed E-state index contributed by atoms with van der Waals surface area (Å²) in [7, 11) is 0. The summed E-state index contributed by atoms with van der Waals surface area (Å²) in [5.74, 6) is 0.307. The summed E-state index contributed by atoms with van der Waals surface area (Å²) in [6.07, 6.45) is 1.93. The zero-order valence-electron chi connectivity index (χ0n) is 11.7. The van der Waals surface area contributed by atoms with Gasteiger partial charge in [-0.2, -0.15) is 0 Å². The number of allylic oxidation sites excluding steroid dienone is 2. The van der Waals surface area contributed by atoms with Crippen molar-refractivity contribution >= 4 is 11.4 Å². The first kappa shape index (κ1) is 12.9. The fraction of sp³-hybridized carbons (Fsp3) is 0.211. The van der Waals surface area contributed by atoms with Gasteiger partial charge in [-0.25, -0.2) is 0 Å². The lowest BCUT2D eigenvalue weighted by Gasteiger charge is -2.11. The third kappa shape index (κ3) is 2.32. The predicted octanol–water partition coefficient (Wildman–Crippen LogP) is 4.75. The largest absolute Gasteiger partial charge is 0.294 e. The maximum atomic E-state index is 12.6. The van der Waals surface area contributed by atoms with Crippen LogP contribution in [0.3, 0.4) is 0 Å². The average Bonchev–Trinajstić information content (AvgIpc) is 2.90. The van der Waals surface area contributed by atoms with Gasteiger partial charge in [0.05, 0.1) is 0 Å². The first-order valence-electron chi connectivity index (χ1n) is 7.11. The number of hydrogen-bond donors (Lipinski definition) is 0. The van der Waals surface area contributed by atoms with E-state index in [1.165, 1.54) is 16.7 Å². The fourth-order valence-corrected chi connectivity index (χ4v) is 3.06. The van der Waals surface area contributed by atoms with Crippen molar-refractivity contribution in [3.8, 4) is 0 Å². The number of Topliss-reactive ketones (excluding diaryl/α,β-unsaturated/α-hetero) is 1. The van der Waals surface area contributed by atoms with Gasteiger partial charge in [0.25, 0.3) is 0 Å². The molecule has 0 saturated heterocycles. The second-order valence-corrected chi connectivity index (χ2v) is 5.35. The third-order valence-corrected chi connectivity index (χ3v) is 4.18. The molecule has 0 aliphatic heterocycles. The molecule has 1 unspecified atom stereocenters. The van der Waals surface area contributed by atoms with E-state index in [1.54, 1.807) is 0 Å². The molecule has 2 aromatic rings. The molecule has 3 rings (SSSR count). The summed E-state index contributed by atoms with van der Waals surface area (Å²) in [4.78, 5) is 12.6. The van der Waals surface area contributed by atoms with Crippen molar-refractivity contribution < 1.29 is 4.79 Å². The van der Waals surface area contributed by atoms with Crippen LogP contribution in [0.2, 0.25) is 0 Å². The molecule has 0 amide bonds. The van der Waals surface area contributed by atoms with Crippen LogP contribution in [0.25, 0.3) is 5.57 Å². The molecule has 1 aliphatic carbocycles. The van der Waals surface area contributed by atoms with E-state index in [1.807, 2.05) is 36.4 Å². The van der Waals surface area contributed by atoms with Crippen LogP contribution in [0.1, 0.15) is 35.7 Å². The van der Waals surface area contributed by atoms with Gasteiger partial charge in [0.15, 0.2) is 5.78 Å². The number of hydrogen-bond acceptors (Lipinski definition) is 1.